The Labute approximate surface area is 105 Å². The summed E-state index contributed by atoms with van der Waals surface area (Å²) in [6.45, 7) is 2.48. The van der Waals surface area contributed by atoms with Crippen molar-refractivity contribution in [2.24, 2.45) is 0 Å². The first kappa shape index (κ1) is 12.7. The second-order valence-corrected chi connectivity index (χ2v) is 6.75. The SMILES string of the molecule is CCn1cc(S(=O)(=O)NC2CCSC2)c(N)n1. The summed E-state index contributed by atoms with van der Waals surface area (Å²) in [6.07, 6.45) is 2.34. The Kier molecular flexibility index (Phi) is 3.64. The quantitative estimate of drug-likeness (QED) is 0.824. The summed E-state index contributed by atoms with van der Waals surface area (Å²) in [6, 6.07) is 0.00868. The molecular formula is C9H16N4O2S2. The predicted molar refractivity (Wildman–Crippen MR) is 68.4 cm³/mol. The van der Waals surface area contributed by atoms with Gasteiger partial charge in [-0.2, -0.15) is 16.9 Å². The van der Waals surface area contributed by atoms with Crippen molar-refractivity contribution in [2.45, 2.75) is 30.8 Å². The lowest BCUT2D eigenvalue weighted by Crippen LogP contribution is -2.34. The molecule has 0 radical (unpaired) electrons. The lowest BCUT2D eigenvalue weighted by molar-refractivity contribution is 0.563. The van der Waals surface area contributed by atoms with Crippen molar-refractivity contribution in [1.82, 2.24) is 14.5 Å². The second-order valence-electron chi connectivity index (χ2n) is 3.92. The molecule has 0 spiro atoms. The number of hydrogen-bond donors (Lipinski definition) is 2. The average Bonchev–Trinajstić information content (AvgIpc) is 2.86. The van der Waals surface area contributed by atoms with Crippen molar-refractivity contribution in [3.8, 4) is 0 Å². The van der Waals surface area contributed by atoms with Gasteiger partial charge in [0.15, 0.2) is 5.82 Å². The minimum absolute atomic E-state index is 0.00868. The minimum Gasteiger partial charge on any atom is -0.381 e. The largest absolute Gasteiger partial charge is 0.381 e. The summed E-state index contributed by atoms with van der Waals surface area (Å²) in [5.74, 6) is 1.88. The summed E-state index contributed by atoms with van der Waals surface area (Å²) in [5, 5.41) is 3.94. The van der Waals surface area contributed by atoms with Crippen LogP contribution in [0.1, 0.15) is 13.3 Å². The van der Waals surface area contributed by atoms with E-state index in [0.717, 1.165) is 17.9 Å². The Balaban J connectivity index is 2.21. The third kappa shape index (κ3) is 2.75. The number of rotatable bonds is 4. The van der Waals surface area contributed by atoms with Gasteiger partial charge in [-0.25, -0.2) is 13.1 Å². The highest BCUT2D eigenvalue weighted by Crippen LogP contribution is 2.21. The average molecular weight is 276 g/mol. The summed E-state index contributed by atoms with van der Waals surface area (Å²) in [4.78, 5) is 0.0799. The van der Waals surface area contributed by atoms with Crippen molar-refractivity contribution >= 4 is 27.6 Å². The number of nitrogens with one attached hydrogen (secondary N) is 1. The van der Waals surface area contributed by atoms with E-state index in [4.69, 9.17) is 5.73 Å². The molecule has 1 saturated heterocycles. The molecule has 1 unspecified atom stereocenters. The molecule has 0 saturated carbocycles. The van der Waals surface area contributed by atoms with Gasteiger partial charge >= 0.3 is 0 Å². The highest BCUT2D eigenvalue weighted by Gasteiger charge is 2.26. The molecule has 1 fully saturated rings. The van der Waals surface area contributed by atoms with Gasteiger partial charge in [-0.15, -0.1) is 0 Å². The molecule has 8 heteroatoms. The van der Waals surface area contributed by atoms with Gasteiger partial charge in [0.05, 0.1) is 0 Å². The number of aromatic nitrogens is 2. The Morgan fingerprint density at radius 3 is 3.00 bits per heavy atom. The van der Waals surface area contributed by atoms with Crippen LogP contribution in [0.3, 0.4) is 0 Å². The van der Waals surface area contributed by atoms with Crippen LogP contribution in [0.15, 0.2) is 11.1 Å². The standard InChI is InChI=1S/C9H16N4O2S2/c1-2-13-5-8(9(10)11-13)17(14,15)12-7-3-4-16-6-7/h5,7,12H,2-4,6H2,1H3,(H2,10,11). The monoisotopic (exact) mass is 276 g/mol. The number of nitrogen functional groups attached to an aromatic ring is 1. The van der Waals surface area contributed by atoms with Crippen molar-refractivity contribution in [1.29, 1.82) is 0 Å². The molecule has 1 aliphatic heterocycles. The van der Waals surface area contributed by atoms with E-state index < -0.39 is 10.0 Å². The highest BCUT2D eigenvalue weighted by atomic mass is 32.2. The molecule has 2 rings (SSSR count). The molecule has 0 bridgehead atoms. The molecule has 0 amide bonds. The summed E-state index contributed by atoms with van der Waals surface area (Å²) >= 11 is 1.75. The molecule has 2 heterocycles. The summed E-state index contributed by atoms with van der Waals surface area (Å²) < 4.78 is 28.4. The zero-order chi connectivity index (χ0) is 12.5. The Morgan fingerprint density at radius 1 is 1.71 bits per heavy atom. The number of nitrogens with zero attached hydrogens (tertiary/aromatic N) is 2. The van der Waals surface area contributed by atoms with Gasteiger partial charge in [-0.05, 0) is 19.1 Å². The second kappa shape index (κ2) is 4.87. The van der Waals surface area contributed by atoms with E-state index in [1.54, 1.807) is 11.8 Å². The van der Waals surface area contributed by atoms with Crippen LogP contribution >= 0.6 is 11.8 Å². The van der Waals surface area contributed by atoms with Crippen LogP contribution in [0, 0.1) is 0 Å². The fourth-order valence-corrected chi connectivity index (χ4v) is 4.30. The fourth-order valence-electron chi connectivity index (χ4n) is 1.70. The molecule has 0 aromatic carbocycles. The molecule has 17 heavy (non-hydrogen) atoms. The zero-order valence-electron chi connectivity index (χ0n) is 9.59. The topological polar surface area (TPSA) is 90.0 Å². The summed E-state index contributed by atoms with van der Waals surface area (Å²) in [7, 11) is -3.54. The van der Waals surface area contributed by atoms with Crippen molar-refractivity contribution in [2.75, 3.05) is 17.2 Å². The molecule has 6 nitrogen and oxygen atoms in total. The Bertz CT molecular complexity index is 491. The van der Waals surface area contributed by atoms with E-state index in [-0.39, 0.29) is 16.8 Å². The molecule has 3 N–H and O–H groups in total. The van der Waals surface area contributed by atoms with E-state index in [1.165, 1.54) is 10.9 Å². The number of anilines is 1. The van der Waals surface area contributed by atoms with Gasteiger partial charge < -0.3 is 5.73 Å². The normalized spacial score (nSPS) is 20.9. The maximum absolute atomic E-state index is 12.1. The first-order valence-electron chi connectivity index (χ1n) is 5.46. The van der Waals surface area contributed by atoms with Crippen LogP contribution in [-0.2, 0) is 16.6 Å². The van der Waals surface area contributed by atoms with Gasteiger partial charge in [0.2, 0.25) is 10.0 Å². The van der Waals surface area contributed by atoms with E-state index >= 15 is 0 Å². The predicted octanol–water partition coefficient (Wildman–Crippen LogP) is 0.269. The van der Waals surface area contributed by atoms with Crippen LogP contribution < -0.4 is 10.5 Å². The van der Waals surface area contributed by atoms with Crippen LogP contribution in [-0.4, -0.2) is 35.7 Å². The van der Waals surface area contributed by atoms with Gasteiger partial charge in [-0.3, -0.25) is 4.68 Å². The Morgan fingerprint density at radius 2 is 2.47 bits per heavy atom. The fraction of sp³-hybridized carbons (Fsp3) is 0.667. The summed E-state index contributed by atoms with van der Waals surface area (Å²) in [5.41, 5.74) is 5.62. The van der Waals surface area contributed by atoms with Crippen molar-refractivity contribution in [3.05, 3.63) is 6.20 Å². The molecule has 1 aromatic heterocycles. The lowest BCUT2D eigenvalue weighted by atomic mass is 10.3. The van der Waals surface area contributed by atoms with Crippen LogP contribution in [0.25, 0.3) is 0 Å². The van der Waals surface area contributed by atoms with E-state index in [2.05, 4.69) is 9.82 Å². The van der Waals surface area contributed by atoms with Gasteiger partial charge in [-0.1, -0.05) is 0 Å². The smallest absolute Gasteiger partial charge is 0.246 e. The van der Waals surface area contributed by atoms with Crippen molar-refractivity contribution in [3.63, 3.8) is 0 Å². The van der Waals surface area contributed by atoms with Crippen LogP contribution in [0.5, 0.6) is 0 Å². The number of sulfonamides is 1. The third-order valence-electron chi connectivity index (χ3n) is 2.62. The molecule has 1 aromatic rings. The molecule has 1 atom stereocenters. The van der Waals surface area contributed by atoms with Gasteiger partial charge in [0, 0.05) is 24.5 Å². The van der Waals surface area contributed by atoms with E-state index in [1.807, 2.05) is 6.92 Å². The zero-order valence-corrected chi connectivity index (χ0v) is 11.2. The number of nitrogens with two attached hydrogens (primary N) is 1. The number of thioether (sulfide) groups is 1. The Hall–Kier alpha value is -0.730. The lowest BCUT2D eigenvalue weighted by Gasteiger charge is -2.10. The first-order chi connectivity index (χ1) is 8.03. The first-order valence-corrected chi connectivity index (χ1v) is 8.09. The maximum atomic E-state index is 12.1. The maximum Gasteiger partial charge on any atom is 0.246 e. The van der Waals surface area contributed by atoms with Gasteiger partial charge in [0.1, 0.15) is 4.90 Å². The molecular weight excluding hydrogens is 260 g/mol. The van der Waals surface area contributed by atoms with E-state index in [9.17, 15) is 8.42 Å². The number of aryl methyl sites for hydroxylation is 1. The molecule has 96 valence electrons. The van der Waals surface area contributed by atoms with Crippen LogP contribution in [0.2, 0.25) is 0 Å². The molecule has 0 aliphatic carbocycles. The van der Waals surface area contributed by atoms with Gasteiger partial charge in [0.25, 0.3) is 0 Å². The van der Waals surface area contributed by atoms with Crippen LogP contribution in [0.4, 0.5) is 5.82 Å². The highest BCUT2D eigenvalue weighted by molar-refractivity contribution is 7.99. The third-order valence-corrected chi connectivity index (χ3v) is 5.32. The minimum atomic E-state index is -3.54. The number of hydrogen-bond acceptors (Lipinski definition) is 5. The molecule has 1 aliphatic rings. The van der Waals surface area contributed by atoms with E-state index in [0.29, 0.717) is 6.54 Å². The van der Waals surface area contributed by atoms with Crippen molar-refractivity contribution < 1.29 is 8.42 Å².